The number of hydrogen-bond donors (Lipinski definition) is 2. The van der Waals surface area contributed by atoms with Crippen molar-refractivity contribution in [3.05, 3.63) is 24.3 Å². The highest BCUT2D eigenvalue weighted by Crippen LogP contribution is 2.19. The zero-order valence-corrected chi connectivity index (χ0v) is 10.8. The van der Waals surface area contributed by atoms with E-state index in [-0.39, 0.29) is 4.90 Å². The molecule has 0 aromatic heterocycles. The van der Waals surface area contributed by atoms with Crippen molar-refractivity contribution in [2.24, 2.45) is 0 Å². The Morgan fingerprint density at radius 1 is 1.29 bits per heavy atom. The second-order valence-electron chi connectivity index (χ2n) is 3.31. The SMILES string of the molecule is CC#CCCNc1ccccc1S(=O)(=O)NC. The average molecular weight is 252 g/mol. The van der Waals surface area contributed by atoms with Crippen molar-refractivity contribution in [3.63, 3.8) is 0 Å². The summed E-state index contributed by atoms with van der Waals surface area (Å²) in [5, 5.41) is 3.07. The molecular weight excluding hydrogens is 236 g/mol. The van der Waals surface area contributed by atoms with Gasteiger partial charge in [0.05, 0.1) is 5.69 Å². The first-order chi connectivity index (χ1) is 8.11. The van der Waals surface area contributed by atoms with Crippen LogP contribution >= 0.6 is 0 Å². The lowest BCUT2D eigenvalue weighted by atomic mass is 10.3. The van der Waals surface area contributed by atoms with Crippen molar-refractivity contribution in [2.45, 2.75) is 18.2 Å². The molecule has 1 aromatic carbocycles. The number of anilines is 1. The summed E-state index contributed by atoms with van der Waals surface area (Å²) in [5.41, 5.74) is 0.597. The minimum Gasteiger partial charge on any atom is -0.383 e. The van der Waals surface area contributed by atoms with Crippen LogP contribution < -0.4 is 10.0 Å². The average Bonchev–Trinajstić information content (AvgIpc) is 2.35. The molecule has 1 rings (SSSR count). The maximum Gasteiger partial charge on any atom is 0.242 e. The van der Waals surface area contributed by atoms with Crippen molar-refractivity contribution >= 4 is 15.7 Å². The van der Waals surface area contributed by atoms with E-state index in [1.807, 2.05) is 0 Å². The van der Waals surface area contributed by atoms with Gasteiger partial charge >= 0.3 is 0 Å². The highest BCUT2D eigenvalue weighted by atomic mass is 32.2. The Bertz CT molecular complexity index is 527. The molecule has 0 aliphatic heterocycles. The lowest BCUT2D eigenvalue weighted by Gasteiger charge is -2.10. The van der Waals surface area contributed by atoms with Crippen LogP contribution in [0.3, 0.4) is 0 Å². The van der Waals surface area contributed by atoms with Crippen molar-refractivity contribution < 1.29 is 8.42 Å². The zero-order valence-electron chi connectivity index (χ0n) is 9.95. The molecule has 0 unspecified atom stereocenters. The summed E-state index contributed by atoms with van der Waals surface area (Å²) >= 11 is 0. The summed E-state index contributed by atoms with van der Waals surface area (Å²) in [6, 6.07) is 6.80. The maximum atomic E-state index is 11.7. The highest BCUT2D eigenvalue weighted by molar-refractivity contribution is 7.89. The van der Waals surface area contributed by atoms with Gasteiger partial charge in [-0.15, -0.1) is 11.8 Å². The van der Waals surface area contributed by atoms with Crippen molar-refractivity contribution in [1.29, 1.82) is 0 Å². The van der Waals surface area contributed by atoms with Gasteiger partial charge in [-0.2, -0.15) is 0 Å². The molecule has 0 fully saturated rings. The molecule has 0 saturated carbocycles. The fourth-order valence-electron chi connectivity index (χ4n) is 1.34. The first-order valence-corrected chi connectivity index (χ1v) is 6.76. The fourth-order valence-corrected chi connectivity index (χ4v) is 2.25. The highest BCUT2D eigenvalue weighted by Gasteiger charge is 2.15. The van der Waals surface area contributed by atoms with E-state index in [1.54, 1.807) is 31.2 Å². The summed E-state index contributed by atoms with van der Waals surface area (Å²) in [6.45, 7) is 2.40. The lowest BCUT2D eigenvalue weighted by molar-refractivity contribution is 0.588. The van der Waals surface area contributed by atoms with Gasteiger partial charge in [0, 0.05) is 13.0 Å². The second-order valence-corrected chi connectivity index (χ2v) is 5.16. The summed E-state index contributed by atoms with van der Waals surface area (Å²) in [6.07, 6.45) is 0.685. The molecule has 5 heteroatoms. The maximum absolute atomic E-state index is 11.7. The molecule has 0 atom stereocenters. The molecule has 0 heterocycles. The monoisotopic (exact) mass is 252 g/mol. The normalized spacial score (nSPS) is 10.5. The number of hydrogen-bond acceptors (Lipinski definition) is 3. The quantitative estimate of drug-likeness (QED) is 0.615. The third-order valence-corrected chi connectivity index (χ3v) is 3.66. The van der Waals surface area contributed by atoms with Crippen molar-refractivity contribution in [3.8, 4) is 11.8 Å². The molecule has 4 nitrogen and oxygen atoms in total. The number of nitrogens with one attached hydrogen (secondary N) is 2. The van der Waals surface area contributed by atoms with Crippen LogP contribution in [-0.2, 0) is 10.0 Å². The third kappa shape index (κ3) is 3.77. The predicted octanol–water partition coefficient (Wildman–Crippen LogP) is 1.42. The number of rotatable bonds is 5. The van der Waals surface area contributed by atoms with Gasteiger partial charge in [0.25, 0.3) is 0 Å². The molecule has 17 heavy (non-hydrogen) atoms. The minimum absolute atomic E-state index is 0.256. The van der Waals surface area contributed by atoms with Crippen LogP contribution in [0.25, 0.3) is 0 Å². The molecule has 0 aliphatic carbocycles. The molecule has 0 saturated heterocycles. The van der Waals surface area contributed by atoms with Gasteiger partial charge in [-0.3, -0.25) is 0 Å². The van der Waals surface area contributed by atoms with Gasteiger partial charge in [0.1, 0.15) is 4.90 Å². The van der Waals surface area contributed by atoms with E-state index in [0.717, 1.165) is 0 Å². The Morgan fingerprint density at radius 3 is 2.65 bits per heavy atom. The van der Waals surface area contributed by atoms with Crippen LogP contribution in [-0.4, -0.2) is 22.0 Å². The van der Waals surface area contributed by atoms with E-state index < -0.39 is 10.0 Å². The Morgan fingerprint density at radius 2 is 2.00 bits per heavy atom. The van der Waals surface area contributed by atoms with Crippen LogP contribution in [0, 0.1) is 11.8 Å². The van der Waals surface area contributed by atoms with Gasteiger partial charge in [0.15, 0.2) is 0 Å². The fraction of sp³-hybridized carbons (Fsp3) is 0.333. The molecule has 0 aliphatic rings. The molecular formula is C12H16N2O2S. The topological polar surface area (TPSA) is 58.2 Å². The number of para-hydroxylation sites is 1. The van der Waals surface area contributed by atoms with Crippen molar-refractivity contribution in [1.82, 2.24) is 4.72 Å². The van der Waals surface area contributed by atoms with Crippen LogP contribution in [0.5, 0.6) is 0 Å². The van der Waals surface area contributed by atoms with E-state index in [4.69, 9.17) is 0 Å². The Hall–Kier alpha value is -1.51. The predicted molar refractivity (Wildman–Crippen MR) is 69.2 cm³/mol. The van der Waals surface area contributed by atoms with Gasteiger partial charge in [-0.05, 0) is 26.1 Å². The van der Waals surface area contributed by atoms with E-state index in [0.29, 0.717) is 18.7 Å². The van der Waals surface area contributed by atoms with E-state index in [2.05, 4.69) is 21.9 Å². The standard InChI is InChI=1S/C12H16N2O2S/c1-3-4-7-10-14-11-8-5-6-9-12(11)17(15,16)13-2/h5-6,8-9,13-14H,7,10H2,1-2H3. The van der Waals surface area contributed by atoms with E-state index in [1.165, 1.54) is 7.05 Å². The Labute approximate surface area is 102 Å². The summed E-state index contributed by atoms with van der Waals surface area (Å²) < 4.78 is 25.8. The van der Waals surface area contributed by atoms with Gasteiger partial charge in [-0.1, -0.05) is 12.1 Å². The summed E-state index contributed by atoms with van der Waals surface area (Å²) in [7, 11) is -2.02. The van der Waals surface area contributed by atoms with E-state index in [9.17, 15) is 8.42 Å². The first kappa shape index (κ1) is 13.6. The molecule has 92 valence electrons. The second kappa shape index (κ2) is 6.28. The van der Waals surface area contributed by atoms with Crippen LogP contribution in [0.4, 0.5) is 5.69 Å². The van der Waals surface area contributed by atoms with E-state index >= 15 is 0 Å². The molecule has 0 radical (unpaired) electrons. The van der Waals surface area contributed by atoms with Gasteiger partial charge in [-0.25, -0.2) is 13.1 Å². The summed E-state index contributed by atoms with van der Waals surface area (Å²) in [4.78, 5) is 0.256. The largest absolute Gasteiger partial charge is 0.383 e. The smallest absolute Gasteiger partial charge is 0.242 e. The lowest BCUT2D eigenvalue weighted by Crippen LogP contribution is -2.20. The minimum atomic E-state index is -3.42. The Kier molecular flexibility index (Phi) is 5.01. The van der Waals surface area contributed by atoms with Gasteiger partial charge < -0.3 is 5.32 Å². The number of sulfonamides is 1. The molecule has 0 amide bonds. The Balaban J connectivity index is 2.88. The molecule has 1 aromatic rings. The van der Waals surface area contributed by atoms with Crippen LogP contribution in [0.15, 0.2) is 29.2 Å². The van der Waals surface area contributed by atoms with Crippen LogP contribution in [0.1, 0.15) is 13.3 Å². The number of benzene rings is 1. The van der Waals surface area contributed by atoms with Gasteiger partial charge in [0.2, 0.25) is 10.0 Å². The van der Waals surface area contributed by atoms with Crippen molar-refractivity contribution in [2.75, 3.05) is 18.9 Å². The van der Waals surface area contributed by atoms with Crippen LogP contribution in [0.2, 0.25) is 0 Å². The first-order valence-electron chi connectivity index (χ1n) is 5.28. The molecule has 0 bridgehead atoms. The molecule has 0 spiro atoms. The third-order valence-electron chi connectivity index (χ3n) is 2.19. The molecule has 2 N–H and O–H groups in total. The zero-order chi connectivity index (χ0) is 12.7. The summed E-state index contributed by atoms with van der Waals surface area (Å²) in [5.74, 6) is 5.70.